The van der Waals surface area contributed by atoms with Crippen molar-refractivity contribution in [2.24, 2.45) is 5.73 Å². The lowest BCUT2D eigenvalue weighted by atomic mass is 9.97. The summed E-state index contributed by atoms with van der Waals surface area (Å²) in [6.07, 6.45) is 3.58. The van der Waals surface area contributed by atoms with Crippen LogP contribution in [-0.2, 0) is 6.42 Å². The smallest absolute Gasteiger partial charge is 0.125 e. The molecule has 112 valence electrons. The van der Waals surface area contributed by atoms with Crippen LogP contribution in [0.25, 0.3) is 0 Å². The standard InChI is InChI=1S/C18H22BrNO/c1-3-4-5-13-6-8-14(9-7-13)18(20)16-11-10-15(19)12-17(16)21-2/h6-12,18H,3-5,20H2,1-2H3. The molecule has 0 fully saturated rings. The van der Waals surface area contributed by atoms with E-state index >= 15 is 0 Å². The Morgan fingerprint density at radius 1 is 1.14 bits per heavy atom. The second kappa shape index (κ2) is 7.62. The summed E-state index contributed by atoms with van der Waals surface area (Å²) in [5.41, 5.74) is 9.88. The number of ether oxygens (including phenoxy) is 1. The molecule has 0 aliphatic carbocycles. The largest absolute Gasteiger partial charge is 0.496 e. The van der Waals surface area contributed by atoms with Crippen LogP contribution < -0.4 is 10.5 Å². The molecule has 1 unspecified atom stereocenters. The Hall–Kier alpha value is -1.32. The summed E-state index contributed by atoms with van der Waals surface area (Å²) >= 11 is 3.46. The number of rotatable bonds is 6. The van der Waals surface area contributed by atoms with E-state index < -0.39 is 0 Å². The number of methoxy groups -OCH3 is 1. The number of benzene rings is 2. The van der Waals surface area contributed by atoms with Crippen LogP contribution in [0.1, 0.15) is 42.5 Å². The molecule has 0 saturated heterocycles. The Morgan fingerprint density at radius 3 is 2.48 bits per heavy atom. The SMILES string of the molecule is CCCCc1ccc(C(N)c2ccc(Br)cc2OC)cc1. The third-order valence-corrected chi connectivity index (χ3v) is 4.18. The molecule has 0 saturated carbocycles. The van der Waals surface area contributed by atoms with Crippen LogP contribution in [0.2, 0.25) is 0 Å². The lowest BCUT2D eigenvalue weighted by Crippen LogP contribution is -2.13. The highest BCUT2D eigenvalue weighted by molar-refractivity contribution is 9.10. The molecule has 2 aromatic rings. The molecular weight excluding hydrogens is 326 g/mol. The minimum Gasteiger partial charge on any atom is -0.496 e. The first-order valence-electron chi connectivity index (χ1n) is 7.33. The second-order valence-corrected chi connectivity index (χ2v) is 6.12. The van der Waals surface area contributed by atoms with Crippen molar-refractivity contribution in [1.29, 1.82) is 0 Å². The highest BCUT2D eigenvalue weighted by atomic mass is 79.9. The van der Waals surface area contributed by atoms with Crippen LogP contribution in [0.5, 0.6) is 5.75 Å². The summed E-state index contributed by atoms with van der Waals surface area (Å²) in [4.78, 5) is 0. The van der Waals surface area contributed by atoms with E-state index in [4.69, 9.17) is 10.5 Å². The topological polar surface area (TPSA) is 35.2 Å². The fourth-order valence-electron chi connectivity index (χ4n) is 2.39. The molecule has 3 heteroatoms. The van der Waals surface area contributed by atoms with E-state index in [1.165, 1.54) is 18.4 Å². The van der Waals surface area contributed by atoms with Crippen molar-refractivity contribution in [3.63, 3.8) is 0 Å². The van der Waals surface area contributed by atoms with E-state index in [-0.39, 0.29) is 6.04 Å². The Bertz CT molecular complexity index is 580. The van der Waals surface area contributed by atoms with Gasteiger partial charge < -0.3 is 10.5 Å². The number of hydrogen-bond donors (Lipinski definition) is 1. The summed E-state index contributed by atoms with van der Waals surface area (Å²) in [6, 6.07) is 14.4. The van der Waals surface area contributed by atoms with Gasteiger partial charge in [0.15, 0.2) is 0 Å². The third kappa shape index (κ3) is 4.08. The monoisotopic (exact) mass is 347 g/mol. The molecule has 2 nitrogen and oxygen atoms in total. The van der Waals surface area contributed by atoms with Crippen molar-refractivity contribution in [1.82, 2.24) is 0 Å². The van der Waals surface area contributed by atoms with Crippen molar-refractivity contribution >= 4 is 15.9 Å². The first-order chi connectivity index (χ1) is 10.2. The van der Waals surface area contributed by atoms with Gasteiger partial charge in [-0.1, -0.05) is 59.6 Å². The fourth-order valence-corrected chi connectivity index (χ4v) is 2.73. The van der Waals surface area contributed by atoms with Gasteiger partial charge in [0.05, 0.1) is 13.2 Å². The van der Waals surface area contributed by atoms with Gasteiger partial charge in [-0.25, -0.2) is 0 Å². The first kappa shape index (κ1) is 16.1. The van der Waals surface area contributed by atoms with Gasteiger partial charge in [-0.05, 0) is 36.1 Å². The van der Waals surface area contributed by atoms with Gasteiger partial charge in [-0.15, -0.1) is 0 Å². The zero-order chi connectivity index (χ0) is 15.2. The summed E-state index contributed by atoms with van der Waals surface area (Å²) in [5, 5.41) is 0. The highest BCUT2D eigenvalue weighted by Gasteiger charge is 2.14. The number of unbranched alkanes of at least 4 members (excludes halogenated alkanes) is 1. The van der Waals surface area contributed by atoms with Crippen LogP contribution in [0, 0.1) is 0 Å². The van der Waals surface area contributed by atoms with Crippen LogP contribution in [0.15, 0.2) is 46.9 Å². The molecule has 0 spiro atoms. The lowest BCUT2D eigenvalue weighted by molar-refractivity contribution is 0.407. The molecule has 0 amide bonds. The summed E-state index contributed by atoms with van der Waals surface area (Å²) in [7, 11) is 1.67. The molecule has 0 aromatic heterocycles. The minimum absolute atomic E-state index is 0.173. The fraction of sp³-hybridized carbons (Fsp3) is 0.333. The van der Waals surface area contributed by atoms with Crippen molar-refractivity contribution in [3.05, 3.63) is 63.6 Å². The Kier molecular flexibility index (Phi) is 5.83. The predicted octanol–water partition coefficient (Wildman–Crippen LogP) is 4.85. The molecule has 0 heterocycles. The maximum absolute atomic E-state index is 6.40. The first-order valence-corrected chi connectivity index (χ1v) is 8.13. The average Bonchev–Trinajstić information content (AvgIpc) is 2.52. The van der Waals surface area contributed by atoms with Gasteiger partial charge in [-0.3, -0.25) is 0 Å². The van der Waals surface area contributed by atoms with E-state index in [2.05, 4.69) is 47.1 Å². The van der Waals surface area contributed by atoms with Crippen molar-refractivity contribution in [3.8, 4) is 5.75 Å². The lowest BCUT2D eigenvalue weighted by Gasteiger charge is -2.17. The maximum atomic E-state index is 6.40. The van der Waals surface area contributed by atoms with E-state index in [9.17, 15) is 0 Å². The van der Waals surface area contributed by atoms with E-state index in [1.807, 2.05) is 18.2 Å². The third-order valence-electron chi connectivity index (χ3n) is 3.69. The minimum atomic E-state index is -0.173. The maximum Gasteiger partial charge on any atom is 0.125 e. The number of halogens is 1. The van der Waals surface area contributed by atoms with E-state index in [0.717, 1.165) is 27.8 Å². The van der Waals surface area contributed by atoms with Crippen LogP contribution >= 0.6 is 15.9 Å². The Balaban J connectivity index is 2.21. The number of nitrogens with two attached hydrogens (primary N) is 1. The highest BCUT2D eigenvalue weighted by Crippen LogP contribution is 2.31. The number of aryl methyl sites for hydroxylation is 1. The molecular formula is C18H22BrNO. The van der Waals surface area contributed by atoms with Gasteiger partial charge in [0.2, 0.25) is 0 Å². The molecule has 2 rings (SSSR count). The quantitative estimate of drug-likeness (QED) is 0.810. The van der Waals surface area contributed by atoms with E-state index in [1.54, 1.807) is 7.11 Å². The van der Waals surface area contributed by atoms with Crippen LogP contribution in [-0.4, -0.2) is 7.11 Å². The average molecular weight is 348 g/mol. The van der Waals surface area contributed by atoms with Gasteiger partial charge >= 0.3 is 0 Å². The zero-order valence-electron chi connectivity index (χ0n) is 12.6. The van der Waals surface area contributed by atoms with Crippen molar-refractivity contribution in [2.45, 2.75) is 32.2 Å². The van der Waals surface area contributed by atoms with Gasteiger partial charge in [-0.2, -0.15) is 0 Å². The molecule has 0 bridgehead atoms. The van der Waals surface area contributed by atoms with Crippen LogP contribution in [0.3, 0.4) is 0 Å². The van der Waals surface area contributed by atoms with Gasteiger partial charge in [0, 0.05) is 10.0 Å². The van der Waals surface area contributed by atoms with Crippen molar-refractivity contribution < 1.29 is 4.74 Å². The Labute approximate surface area is 135 Å². The molecule has 2 aromatic carbocycles. The van der Waals surface area contributed by atoms with Gasteiger partial charge in [0.25, 0.3) is 0 Å². The Morgan fingerprint density at radius 2 is 1.86 bits per heavy atom. The molecule has 2 N–H and O–H groups in total. The van der Waals surface area contributed by atoms with Crippen LogP contribution in [0.4, 0.5) is 0 Å². The zero-order valence-corrected chi connectivity index (χ0v) is 14.2. The molecule has 21 heavy (non-hydrogen) atoms. The van der Waals surface area contributed by atoms with E-state index in [0.29, 0.717) is 0 Å². The molecule has 0 aliphatic rings. The summed E-state index contributed by atoms with van der Waals surface area (Å²) in [6.45, 7) is 2.21. The van der Waals surface area contributed by atoms with Crippen molar-refractivity contribution in [2.75, 3.05) is 7.11 Å². The molecule has 0 aliphatic heterocycles. The predicted molar refractivity (Wildman–Crippen MR) is 91.8 cm³/mol. The molecule has 1 atom stereocenters. The summed E-state index contributed by atoms with van der Waals surface area (Å²) in [5.74, 6) is 0.812. The normalized spacial score (nSPS) is 12.2. The summed E-state index contributed by atoms with van der Waals surface area (Å²) < 4.78 is 6.43. The number of hydrogen-bond acceptors (Lipinski definition) is 2. The second-order valence-electron chi connectivity index (χ2n) is 5.21. The molecule has 0 radical (unpaired) electrons. The van der Waals surface area contributed by atoms with Gasteiger partial charge in [0.1, 0.15) is 5.75 Å².